The number of nitrogens with zero attached hydrogens (tertiary/aromatic N) is 2. The maximum Gasteiger partial charge on any atom is 0.224 e. The van der Waals surface area contributed by atoms with Crippen LogP contribution in [0.1, 0.15) is 26.0 Å². The first-order chi connectivity index (χ1) is 8.15. The Balaban J connectivity index is 2.61. The molecule has 0 aromatic carbocycles. The summed E-state index contributed by atoms with van der Waals surface area (Å²) in [5.74, 6) is 1.61. The average Bonchev–Trinajstić information content (AvgIpc) is 2.32. The van der Waals surface area contributed by atoms with Crippen LogP contribution in [0.2, 0.25) is 0 Å². The topological polar surface area (TPSA) is 49.8 Å². The molecular formula is C12H22N4S. The molecule has 1 heterocycles. The fraction of sp³-hybridized carbons (Fsp3) is 0.667. The first-order valence-corrected chi connectivity index (χ1v) is 7.30. The van der Waals surface area contributed by atoms with E-state index in [-0.39, 0.29) is 0 Å². The molecule has 0 aliphatic heterocycles. The summed E-state index contributed by atoms with van der Waals surface area (Å²) in [6.07, 6.45) is 3.19. The van der Waals surface area contributed by atoms with Gasteiger partial charge in [0.1, 0.15) is 5.82 Å². The van der Waals surface area contributed by atoms with Gasteiger partial charge in [-0.1, -0.05) is 13.8 Å². The van der Waals surface area contributed by atoms with E-state index < -0.39 is 0 Å². The van der Waals surface area contributed by atoms with E-state index in [1.165, 1.54) is 0 Å². The summed E-state index contributed by atoms with van der Waals surface area (Å²) >= 11 is 1.84. The van der Waals surface area contributed by atoms with Gasteiger partial charge < -0.3 is 10.6 Å². The summed E-state index contributed by atoms with van der Waals surface area (Å²) in [5.41, 5.74) is 0.984. The fourth-order valence-electron chi connectivity index (χ4n) is 1.31. The van der Waals surface area contributed by atoms with Gasteiger partial charge in [-0.2, -0.15) is 16.7 Å². The molecule has 1 atom stereocenters. The highest BCUT2D eigenvalue weighted by Crippen LogP contribution is 2.11. The predicted octanol–water partition coefficient (Wildman–Crippen LogP) is 2.77. The minimum atomic E-state index is 0.581. The van der Waals surface area contributed by atoms with Gasteiger partial charge in [0.2, 0.25) is 5.95 Å². The van der Waals surface area contributed by atoms with Crippen molar-refractivity contribution in [1.82, 2.24) is 9.97 Å². The molecule has 1 rings (SSSR count). The summed E-state index contributed by atoms with van der Waals surface area (Å²) in [6.45, 7) is 8.14. The summed E-state index contributed by atoms with van der Waals surface area (Å²) < 4.78 is 0. The first-order valence-electron chi connectivity index (χ1n) is 6.02. The van der Waals surface area contributed by atoms with Crippen LogP contribution in [-0.2, 0) is 0 Å². The predicted molar refractivity (Wildman–Crippen MR) is 77.0 cm³/mol. The zero-order valence-electron chi connectivity index (χ0n) is 11.1. The van der Waals surface area contributed by atoms with Crippen molar-refractivity contribution in [3.63, 3.8) is 0 Å². The molecule has 4 nitrogen and oxygen atoms in total. The number of thioether (sulfide) groups is 1. The highest BCUT2D eigenvalue weighted by atomic mass is 32.2. The summed E-state index contributed by atoms with van der Waals surface area (Å²) in [4.78, 5) is 8.79. The van der Waals surface area contributed by atoms with Crippen molar-refractivity contribution in [1.29, 1.82) is 0 Å². The molecule has 0 aliphatic rings. The molecule has 0 radical (unpaired) electrons. The van der Waals surface area contributed by atoms with E-state index in [4.69, 9.17) is 0 Å². The second-order valence-corrected chi connectivity index (χ2v) is 5.35. The molecule has 1 unspecified atom stereocenters. The van der Waals surface area contributed by atoms with Gasteiger partial charge >= 0.3 is 0 Å². The number of aryl methyl sites for hydroxylation is 1. The van der Waals surface area contributed by atoms with E-state index in [0.29, 0.717) is 11.2 Å². The highest BCUT2D eigenvalue weighted by molar-refractivity contribution is 7.99. The lowest BCUT2D eigenvalue weighted by molar-refractivity contribution is 0.938. The lowest BCUT2D eigenvalue weighted by Gasteiger charge is -2.12. The first kappa shape index (κ1) is 14.1. The van der Waals surface area contributed by atoms with Crippen LogP contribution in [-0.4, -0.2) is 34.6 Å². The van der Waals surface area contributed by atoms with Gasteiger partial charge in [0, 0.05) is 30.1 Å². The molecule has 0 spiro atoms. The normalized spacial score (nSPS) is 12.2. The van der Waals surface area contributed by atoms with E-state index >= 15 is 0 Å². The molecule has 1 aromatic rings. The van der Waals surface area contributed by atoms with Crippen LogP contribution in [0, 0.1) is 6.92 Å². The Morgan fingerprint density at radius 1 is 1.35 bits per heavy atom. The van der Waals surface area contributed by atoms with E-state index in [9.17, 15) is 0 Å². The SMILES string of the molecule is CCCNc1nc(C)cc(NCC(C)SC)n1. The molecule has 0 saturated carbocycles. The van der Waals surface area contributed by atoms with Crippen LogP contribution in [0.4, 0.5) is 11.8 Å². The molecule has 2 N–H and O–H groups in total. The largest absolute Gasteiger partial charge is 0.369 e. The van der Waals surface area contributed by atoms with Crippen LogP contribution in [0.15, 0.2) is 6.07 Å². The summed E-state index contributed by atoms with van der Waals surface area (Å²) in [5, 5.41) is 7.13. The average molecular weight is 254 g/mol. The van der Waals surface area contributed by atoms with Crippen molar-refractivity contribution in [2.45, 2.75) is 32.4 Å². The maximum absolute atomic E-state index is 4.43. The maximum atomic E-state index is 4.43. The standard InChI is InChI=1S/C12H22N4S/c1-5-6-13-12-15-9(2)7-11(16-12)14-8-10(3)17-4/h7,10H,5-6,8H2,1-4H3,(H2,13,14,15,16). The molecule has 1 aromatic heterocycles. The number of anilines is 2. The Morgan fingerprint density at radius 2 is 2.12 bits per heavy atom. The van der Waals surface area contributed by atoms with Crippen LogP contribution in [0.3, 0.4) is 0 Å². The minimum Gasteiger partial charge on any atom is -0.369 e. The van der Waals surface area contributed by atoms with Crippen molar-refractivity contribution >= 4 is 23.5 Å². The van der Waals surface area contributed by atoms with Crippen molar-refractivity contribution in [2.75, 3.05) is 30.0 Å². The third-order valence-corrected chi connectivity index (χ3v) is 3.33. The number of hydrogen-bond acceptors (Lipinski definition) is 5. The highest BCUT2D eigenvalue weighted by Gasteiger charge is 2.03. The van der Waals surface area contributed by atoms with Crippen molar-refractivity contribution in [3.8, 4) is 0 Å². The van der Waals surface area contributed by atoms with Gasteiger partial charge in [0.15, 0.2) is 0 Å². The van der Waals surface area contributed by atoms with Crippen molar-refractivity contribution in [2.24, 2.45) is 0 Å². The van der Waals surface area contributed by atoms with Gasteiger partial charge in [-0.05, 0) is 19.6 Å². The Kier molecular flexibility index (Phi) is 6.11. The molecule has 0 saturated heterocycles. The molecule has 96 valence electrons. The monoisotopic (exact) mass is 254 g/mol. The van der Waals surface area contributed by atoms with Gasteiger partial charge in [0.05, 0.1) is 0 Å². The van der Waals surface area contributed by atoms with E-state index in [1.807, 2.05) is 24.8 Å². The quantitative estimate of drug-likeness (QED) is 0.783. The molecular weight excluding hydrogens is 232 g/mol. The van der Waals surface area contributed by atoms with E-state index in [2.05, 4.69) is 40.7 Å². The van der Waals surface area contributed by atoms with Crippen molar-refractivity contribution in [3.05, 3.63) is 11.8 Å². The van der Waals surface area contributed by atoms with Crippen molar-refractivity contribution < 1.29 is 0 Å². The molecule has 0 aliphatic carbocycles. The van der Waals surface area contributed by atoms with Gasteiger partial charge in [-0.3, -0.25) is 0 Å². The second kappa shape index (κ2) is 7.37. The Bertz CT molecular complexity index is 343. The number of hydrogen-bond donors (Lipinski definition) is 2. The van der Waals surface area contributed by atoms with Crippen LogP contribution >= 0.6 is 11.8 Å². The zero-order chi connectivity index (χ0) is 12.7. The summed E-state index contributed by atoms with van der Waals surface area (Å²) in [6, 6.07) is 1.98. The minimum absolute atomic E-state index is 0.581. The van der Waals surface area contributed by atoms with Gasteiger partial charge in [0.25, 0.3) is 0 Å². The Morgan fingerprint density at radius 3 is 2.76 bits per heavy atom. The summed E-state index contributed by atoms with van der Waals surface area (Å²) in [7, 11) is 0. The third-order valence-electron chi connectivity index (χ3n) is 2.36. The van der Waals surface area contributed by atoms with Crippen LogP contribution in [0.25, 0.3) is 0 Å². The third kappa shape index (κ3) is 5.26. The van der Waals surface area contributed by atoms with E-state index in [0.717, 1.165) is 31.0 Å². The lowest BCUT2D eigenvalue weighted by Crippen LogP contribution is -2.15. The lowest BCUT2D eigenvalue weighted by atomic mass is 10.4. The second-order valence-electron chi connectivity index (χ2n) is 4.07. The molecule has 0 fully saturated rings. The van der Waals surface area contributed by atoms with E-state index in [1.54, 1.807) is 0 Å². The van der Waals surface area contributed by atoms with Gasteiger partial charge in [-0.15, -0.1) is 0 Å². The number of nitrogens with one attached hydrogen (secondary N) is 2. The molecule has 0 amide bonds. The number of aromatic nitrogens is 2. The van der Waals surface area contributed by atoms with Crippen LogP contribution in [0.5, 0.6) is 0 Å². The smallest absolute Gasteiger partial charge is 0.224 e. The number of rotatable bonds is 7. The Hall–Kier alpha value is -0.970. The molecule has 17 heavy (non-hydrogen) atoms. The fourth-order valence-corrected chi connectivity index (χ4v) is 1.56. The van der Waals surface area contributed by atoms with Gasteiger partial charge in [-0.25, -0.2) is 4.98 Å². The van der Waals surface area contributed by atoms with Crippen LogP contribution < -0.4 is 10.6 Å². The zero-order valence-corrected chi connectivity index (χ0v) is 11.9. The molecule has 5 heteroatoms. The Labute approximate surface area is 108 Å². The molecule has 0 bridgehead atoms.